The van der Waals surface area contributed by atoms with Crippen molar-refractivity contribution in [3.63, 3.8) is 0 Å². The molecule has 0 atom stereocenters. The molecule has 1 aromatic carbocycles. The van der Waals surface area contributed by atoms with Gasteiger partial charge in [-0.25, -0.2) is 0 Å². The number of nitrogens with zero attached hydrogens (tertiary/aromatic N) is 2. The van der Waals surface area contributed by atoms with Crippen LogP contribution in [-0.4, -0.2) is 41.8 Å². The first-order valence-corrected chi connectivity index (χ1v) is 6.48. The van der Waals surface area contributed by atoms with Gasteiger partial charge < -0.3 is 14.8 Å². The van der Waals surface area contributed by atoms with Crippen LogP contribution >= 0.6 is 0 Å². The predicted octanol–water partition coefficient (Wildman–Crippen LogP) is 1.59. The summed E-state index contributed by atoms with van der Waals surface area (Å²) in [5.74, 6) is -0.156. The minimum Gasteiger partial charge on any atom is -0.395 e. The maximum atomic E-state index is 11.6. The van der Waals surface area contributed by atoms with Crippen LogP contribution in [0.5, 0.6) is 0 Å². The summed E-state index contributed by atoms with van der Waals surface area (Å²) in [5.41, 5.74) is 1.03. The molecule has 0 fully saturated rings. The molecule has 0 bridgehead atoms. The van der Waals surface area contributed by atoms with E-state index in [0.29, 0.717) is 13.2 Å². The summed E-state index contributed by atoms with van der Waals surface area (Å²) in [6, 6.07) is 9.70. The van der Waals surface area contributed by atoms with Gasteiger partial charge in [-0.05, 0) is 18.6 Å². The van der Waals surface area contributed by atoms with E-state index in [1.54, 1.807) is 13.0 Å². The highest BCUT2D eigenvalue weighted by Crippen LogP contribution is 2.00. The molecule has 1 aromatic rings. The highest BCUT2D eigenvalue weighted by Gasteiger charge is 2.07. The zero-order chi connectivity index (χ0) is 14.6. The minimum atomic E-state index is -0.156. The Bertz CT molecular complexity index is 444. The Morgan fingerprint density at radius 3 is 2.80 bits per heavy atom. The highest BCUT2D eigenvalue weighted by atomic mass is 16.6. The van der Waals surface area contributed by atoms with Gasteiger partial charge in [0.2, 0.25) is 5.91 Å². The maximum absolute atomic E-state index is 11.6. The Morgan fingerprint density at radius 2 is 2.15 bits per heavy atom. The third kappa shape index (κ3) is 6.15. The zero-order valence-electron chi connectivity index (χ0n) is 11.6. The van der Waals surface area contributed by atoms with E-state index in [9.17, 15) is 4.79 Å². The van der Waals surface area contributed by atoms with Gasteiger partial charge in [-0.15, -0.1) is 0 Å². The van der Waals surface area contributed by atoms with Gasteiger partial charge in [-0.3, -0.25) is 4.79 Å². The van der Waals surface area contributed by atoms with Gasteiger partial charge >= 0.3 is 0 Å². The fourth-order valence-electron chi connectivity index (χ4n) is 1.53. The molecule has 0 aromatic heterocycles. The molecule has 0 spiro atoms. The molecule has 0 radical (unpaired) electrons. The van der Waals surface area contributed by atoms with E-state index >= 15 is 0 Å². The molecule has 0 heterocycles. The summed E-state index contributed by atoms with van der Waals surface area (Å²) >= 11 is 0. The van der Waals surface area contributed by atoms with E-state index in [2.05, 4.69) is 5.16 Å². The SMILES string of the molecule is C/C=C/C(=O)N(C/C=N/OCc1ccccc1)CCO. The Kier molecular flexibility index (Phi) is 7.76. The topological polar surface area (TPSA) is 62.1 Å². The number of hydrogen-bond acceptors (Lipinski definition) is 4. The van der Waals surface area contributed by atoms with Crippen molar-refractivity contribution in [2.75, 3.05) is 19.7 Å². The number of carbonyl (C=O) groups excluding carboxylic acids is 1. The van der Waals surface area contributed by atoms with Crippen LogP contribution in [0.2, 0.25) is 0 Å². The van der Waals surface area contributed by atoms with Gasteiger partial charge in [-0.2, -0.15) is 0 Å². The van der Waals surface area contributed by atoms with E-state index in [4.69, 9.17) is 9.94 Å². The van der Waals surface area contributed by atoms with Gasteiger partial charge in [0.05, 0.1) is 19.4 Å². The van der Waals surface area contributed by atoms with Crippen molar-refractivity contribution in [1.82, 2.24) is 4.90 Å². The molecule has 0 aliphatic carbocycles. The van der Waals surface area contributed by atoms with Crippen LogP contribution in [0.15, 0.2) is 47.6 Å². The third-order valence-electron chi connectivity index (χ3n) is 2.52. The molecule has 0 saturated heterocycles. The second-order valence-electron chi connectivity index (χ2n) is 4.05. The number of hydrogen-bond donors (Lipinski definition) is 1. The molecule has 0 aliphatic rings. The molecule has 5 nitrogen and oxygen atoms in total. The number of aliphatic hydroxyl groups is 1. The molecule has 1 amide bonds. The largest absolute Gasteiger partial charge is 0.395 e. The van der Waals surface area contributed by atoms with Crippen molar-refractivity contribution >= 4 is 12.1 Å². The van der Waals surface area contributed by atoms with Crippen LogP contribution < -0.4 is 0 Å². The van der Waals surface area contributed by atoms with Gasteiger partial charge in [0.25, 0.3) is 0 Å². The second kappa shape index (κ2) is 9.75. The summed E-state index contributed by atoms with van der Waals surface area (Å²) < 4.78 is 0. The Hall–Kier alpha value is -2.14. The molecule has 1 rings (SSSR count). The summed E-state index contributed by atoms with van der Waals surface area (Å²) in [5, 5.41) is 12.7. The van der Waals surface area contributed by atoms with Crippen molar-refractivity contribution in [3.05, 3.63) is 48.0 Å². The van der Waals surface area contributed by atoms with E-state index in [0.717, 1.165) is 5.56 Å². The Labute approximate surface area is 119 Å². The van der Waals surface area contributed by atoms with E-state index in [1.807, 2.05) is 30.3 Å². The normalized spacial score (nSPS) is 11.1. The first kappa shape index (κ1) is 15.9. The van der Waals surface area contributed by atoms with Crippen molar-refractivity contribution in [2.24, 2.45) is 5.16 Å². The quantitative estimate of drug-likeness (QED) is 0.445. The van der Waals surface area contributed by atoms with E-state index in [-0.39, 0.29) is 19.1 Å². The monoisotopic (exact) mass is 276 g/mol. The Morgan fingerprint density at radius 1 is 1.40 bits per heavy atom. The molecule has 108 valence electrons. The van der Waals surface area contributed by atoms with Crippen LogP contribution in [0.4, 0.5) is 0 Å². The van der Waals surface area contributed by atoms with Crippen molar-refractivity contribution in [3.8, 4) is 0 Å². The number of benzene rings is 1. The standard InChI is InChI=1S/C15H20N2O3/c1-2-6-15(19)17(11-12-18)10-9-16-20-13-14-7-4-3-5-8-14/h2-9,18H,10-13H2,1H3/b6-2+,16-9+. The summed E-state index contributed by atoms with van der Waals surface area (Å²) in [6.45, 7) is 2.65. The average molecular weight is 276 g/mol. The van der Waals surface area contributed by atoms with Crippen LogP contribution in [0.25, 0.3) is 0 Å². The molecule has 20 heavy (non-hydrogen) atoms. The second-order valence-corrected chi connectivity index (χ2v) is 4.05. The number of oxime groups is 1. The summed E-state index contributed by atoms with van der Waals surface area (Å²) in [4.78, 5) is 18.3. The lowest BCUT2D eigenvalue weighted by Crippen LogP contribution is -2.33. The average Bonchev–Trinajstić information content (AvgIpc) is 2.47. The predicted molar refractivity (Wildman–Crippen MR) is 78.2 cm³/mol. The van der Waals surface area contributed by atoms with Gasteiger partial charge in [0, 0.05) is 6.54 Å². The number of rotatable bonds is 8. The molecule has 0 aliphatic heterocycles. The van der Waals surface area contributed by atoms with Gasteiger partial charge in [0.1, 0.15) is 6.61 Å². The van der Waals surface area contributed by atoms with E-state index < -0.39 is 0 Å². The fraction of sp³-hybridized carbons (Fsp3) is 0.333. The molecular formula is C15H20N2O3. The third-order valence-corrected chi connectivity index (χ3v) is 2.52. The summed E-state index contributed by atoms with van der Waals surface area (Å²) in [6.07, 6.45) is 4.63. The van der Waals surface area contributed by atoms with Crippen molar-refractivity contribution in [1.29, 1.82) is 0 Å². The summed E-state index contributed by atoms with van der Waals surface area (Å²) in [7, 11) is 0. The van der Waals surface area contributed by atoms with Gasteiger partial charge in [0.15, 0.2) is 0 Å². The molecule has 5 heteroatoms. The highest BCUT2D eigenvalue weighted by molar-refractivity contribution is 5.89. The van der Waals surface area contributed by atoms with Crippen LogP contribution in [0, 0.1) is 0 Å². The molecule has 0 saturated carbocycles. The zero-order valence-corrected chi connectivity index (χ0v) is 11.6. The first-order valence-electron chi connectivity index (χ1n) is 6.48. The minimum absolute atomic E-state index is 0.0813. The van der Waals surface area contributed by atoms with Crippen molar-refractivity contribution in [2.45, 2.75) is 13.5 Å². The number of amides is 1. The van der Waals surface area contributed by atoms with Crippen LogP contribution in [0.1, 0.15) is 12.5 Å². The lowest BCUT2D eigenvalue weighted by atomic mass is 10.2. The first-order chi connectivity index (χ1) is 9.77. The van der Waals surface area contributed by atoms with Crippen LogP contribution in [0.3, 0.4) is 0 Å². The molecular weight excluding hydrogens is 256 g/mol. The Balaban J connectivity index is 2.35. The van der Waals surface area contributed by atoms with Gasteiger partial charge in [-0.1, -0.05) is 41.6 Å². The number of allylic oxidation sites excluding steroid dienone is 1. The smallest absolute Gasteiger partial charge is 0.246 e. The van der Waals surface area contributed by atoms with Crippen molar-refractivity contribution < 1.29 is 14.7 Å². The number of carbonyl (C=O) groups is 1. The van der Waals surface area contributed by atoms with E-state index in [1.165, 1.54) is 17.2 Å². The van der Waals surface area contributed by atoms with Crippen LogP contribution in [-0.2, 0) is 16.2 Å². The maximum Gasteiger partial charge on any atom is 0.246 e. The molecule has 0 unspecified atom stereocenters. The number of aliphatic hydroxyl groups excluding tert-OH is 1. The lowest BCUT2D eigenvalue weighted by molar-refractivity contribution is -0.125. The fourth-order valence-corrected chi connectivity index (χ4v) is 1.53. The molecule has 1 N–H and O–H groups in total. The lowest BCUT2D eigenvalue weighted by Gasteiger charge is -2.17.